The van der Waals surface area contributed by atoms with Gasteiger partial charge in [0.15, 0.2) is 5.13 Å². The third-order valence-corrected chi connectivity index (χ3v) is 6.54. The highest BCUT2D eigenvalue weighted by atomic mass is 32.1. The second-order valence-electron chi connectivity index (χ2n) is 7.85. The van der Waals surface area contributed by atoms with E-state index >= 15 is 0 Å². The normalized spacial score (nSPS) is 13.0. The largest absolute Gasteiger partial charge is 0.481 e. The molecule has 176 valence electrons. The molecule has 1 aliphatic carbocycles. The number of anilines is 1. The number of aryl methyl sites for hydroxylation is 1. The van der Waals surface area contributed by atoms with Gasteiger partial charge >= 0.3 is 12.1 Å². The summed E-state index contributed by atoms with van der Waals surface area (Å²) in [6.45, 7) is 1.55. The number of ether oxygens (including phenoxy) is 1. The van der Waals surface area contributed by atoms with Crippen LogP contribution in [0.4, 0.5) is 9.93 Å². The van der Waals surface area contributed by atoms with E-state index in [9.17, 15) is 19.5 Å². The van der Waals surface area contributed by atoms with Gasteiger partial charge in [0.2, 0.25) is 0 Å². The van der Waals surface area contributed by atoms with E-state index in [0.29, 0.717) is 5.69 Å². The highest BCUT2D eigenvalue weighted by Gasteiger charge is 2.29. The Kier molecular flexibility index (Phi) is 6.90. The minimum absolute atomic E-state index is 0.0743. The number of aliphatic hydroxyl groups is 1. The van der Waals surface area contributed by atoms with Crippen molar-refractivity contribution in [2.24, 2.45) is 0 Å². The van der Waals surface area contributed by atoms with Gasteiger partial charge in [0.25, 0.3) is 5.91 Å². The van der Waals surface area contributed by atoms with E-state index in [1.165, 1.54) is 0 Å². The van der Waals surface area contributed by atoms with Crippen molar-refractivity contribution in [3.63, 3.8) is 0 Å². The first-order valence-corrected chi connectivity index (χ1v) is 11.4. The van der Waals surface area contributed by atoms with Crippen LogP contribution in [0.25, 0.3) is 11.1 Å². The number of hydrogen-bond acceptors (Lipinski definition) is 7. The van der Waals surface area contributed by atoms with Gasteiger partial charge in [0, 0.05) is 12.5 Å². The average Bonchev–Trinajstić information content (AvgIpc) is 3.33. The Hall–Kier alpha value is -3.76. The highest BCUT2D eigenvalue weighted by molar-refractivity contribution is 7.17. The summed E-state index contributed by atoms with van der Waals surface area (Å²) in [5.74, 6) is -1.75. The molecule has 2 amide bonds. The maximum Gasteiger partial charge on any atom is 0.413 e. The zero-order valence-electron chi connectivity index (χ0n) is 18.3. The lowest BCUT2D eigenvalue weighted by atomic mass is 9.98. The Morgan fingerprint density at radius 2 is 1.71 bits per heavy atom. The van der Waals surface area contributed by atoms with Crippen LogP contribution >= 0.6 is 11.3 Å². The molecule has 4 N–H and O–H groups in total. The molecule has 34 heavy (non-hydrogen) atoms. The molecule has 1 atom stereocenters. The standard InChI is InChI=1S/C24H23N3O6S/c1-13-21(22(31)25-11-14(28)10-20(29)30)34-23(26-13)27-24(32)33-12-19-17-8-4-2-6-15(17)16-7-3-5-9-18(16)19/h2-9,14,19,28H,10-12H2,1H3,(H,25,31)(H,29,30)(H,26,27,32). The van der Waals surface area contributed by atoms with Crippen LogP contribution in [-0.2, 0) is 9.53 Å². The minimum atomic E-state index is -1.20. The molecule has 0 bridgehead atoms. The molecule has 9 nitrogen and oxygen atoms in total. The number of fused-ring (bicyclic) bond motifs is 3. The number of aliphatic carboxylic acids is 1. The molecule has 3 aromatic rings. The van der Waals surface area contributed by atoms with E-state index in [4.69, 9.17) is 9.84 Å². The number of carbonyl (C=O) groups excluding carboxylic acids is 2. The van der Waals surface area contributed by atoms with E-state index in [0.717, 1.165) is 33.6 Å². The molecule has 0 radical (unpaired) electrons. The van der Waals surface area contributed by atoms with E-state index in [-0.39, 0.29) is 29.1 Å². The number of rotatable bonds is 8. The molecular weight excluding hydrogens is 458 g/mol. The fraction of sp³-hybridized carbons (Fsp3) is 0.250. The molecule has 2 aromatic carbocycles. The number of aromatic nitrogens is 1. The quantitative estimate of drug-likeness (QED) is 0.387. The molecule has 10 heteroatoms. The maximum atomic E-state index is 12.4. The number of carbonyl (C=O) groups is 3. The Balaban J connectivity index is 1.35. The zero-order valence-corrected chi connectivity index (χ0v) is 19.1. The van der Waals surface area contributed by atoms with Crippen molar-refractivity contribution in [1.82, 2.24) is 10.3 Å². The fourth-order valence-corrected chi connectivity index (χ4v) is 4.82. The first kappa shape index (κ1) is 23.4. The van der Waals surface area contributed by atoms with Gasteiger partial charge in [-0.3, -0.25) is 14.9 Å². The summed E-state index contributed by atoms with van der Waals surface area (Å²) in [4.78, 5) is 39.8. The molecule has 0 saturated heterocycles. The third-order valence-electron chi connectivity index (χ3n) is 5.46. The molecule has 4 rings (SSSR count). The van der Waals surface area contributed by atoms with Crippen LogP contribution in [0.3, 0.4) is 0 Å². The van der Waals surface area contributed by atoms with Crippen molar-refractivity contribution >= 4 is 34.4 Å². The van der Waals surface area contributed by atoms with Crippen LogP contribution in [0.2, 0.25) is 0 Å². The number of aliphatic hydroxyl groups excluding tert-OH is 1. The third kappa shape index (κ3) is 5.08. The van der Waals surface area contributed by atoms with Gasteiger partial charge in [-0.15, -0.1) is 0 Å². The minimum Gasteiger partial charge on any atom is -0.481 e. The number of carboxylic acids is 1. The van der Waals surface area contributed by atoms with Crippen molar-refractivity contribution in [2.75, 3.05) is 18.5 Å². The summed E-state index contributed by atoms with van der Waals surface area (Å²) in [7, 11) is 0. The second-order valence-corrected chi connectivity index (χ2v) is 8.84. The highest BCUT2D eigenvalue weighted by Crippen LogP contribution is 2.44. The van der Waals surface area contributed by atoms with Crippen molar-refractivity contribution in [3.05, 3.63) is 70.2 Å². The van der Waals surface area contributed by atoms with Crippen LogP contribution in [0.5, 0.6) is 0 Å². The number of nitrogens with zero attached hydrogens (tertiary/aromatic N) is 1. The number of carboxylic acid groups (broad SMARTS) is 1. The van der Waals surface area contributed by atoms with Crippen molar-refractivity contribution in [3.8, 4) is 11.1 Å². The number of amides is 2. The van der Waals surface area contributed by atoms with E-state index in [1.54, 1.807) is 6.92 Å². The summed E-state index contributed by atoms with van der Waals surface area (Å²) < 4.78 is 5.50. The van der Waals surface area contributed by atoms with Gasteiger partial charge in [-0.05, 0) is 29.2 Å². The van der Waals surface area contributed by atoms with E-state index < -0.39 is 30.5 Å². The summed E-state index contributed by atoms with van der Waals surface area (Å²) in [5.41, 5.74) is 4.86. The Morgan fingerprint density at radius 1 is 1.09 bits per heavy atom. The molecule has 1 heterocycles. The van der Waals surface area contributed by atoms with Gasteiger partial charge in [-0.1, -0.05) is 59.9 Å². The van der Waals surface area contributed by atoms with E-state index in [2.05, 4.69) is 27.8 Å². The van der Waals surface area contributed by atoms with Gasteiger partial charge < -0.3 is 20.3 Å². The first-order chi connectivity index (χ1) is 16.3. The lowest BCUT2D eigenvalue weighted by Crippen LogP contribution is -2.33. The number of hydrogen-bond donors (Lipinski definition) is 4. The Labute approximate surface area is 199 Å². The van der Waals surface area contributed by atoms with E-state index in [1.807, 2.05) is 36.4 Å². The average molecular weight is 482 g/mol. The molecule has 1 aliphatic rings. The maximum absolute atomic E-state index is 12.4. The van der Waals surface area contributed by atoms with Gasteiger partial charge in [0.1, 0.15) is 11.5 Å². The molecule has 0 saturated carbocycles. The fourth-order valence-electron chi connectivity index (χ4n) is 3.95. The summed E-state index contributed by atoms with van der Waals surface area (Å²) in [6, 6.07) is 16.1. The van der Waals surface area contributed by atoms with Gasteiger partial charge in [-0.2, -0.15) is 0 Å². The molecule has 1 unspecified atom stereocenters. The molecule has 0 spiro atoms. The SMILES string of the molecule is Cc1nc(NC(=O)OCC2c3ccccc3-c3ccccc32)sc1C(=O)NCC(O)CC(=O)O. The van der Waals surface area contributed by atoms with Crippen LogP contribution in [0, 0.1) is 6.92 Å². The number of benzene rings is 2. The summed E-state index contributed by atoms with van der Waals surface area (Å²) in [6.07, 6.45) is -2.36. The number of nitrogens with one attached hydrogen (secondary N) is 2. The van der Waals surface area contributed by atoms with Crippen LogP contribution in [0.1, 0.15) is 38.8 Å². The smallest absolute Gasteiger partial charge is 0.413 e. The van der Waals surface area contributed by atoms with Gasteiger partial charge in [0.05, 0.1) is 18.2 Å². The van der Waals surface area contributed by atoms with Crippen molar-refractivity contribution in [2.45, 2.75) is 25.4 Å². The summed E-state index contributed by atoms with van der Waals surface area (Å²) in [5, 5.41) is 23.5. The predicted molar refractivity (Wildman–Crippen MR) is 126 cm³/mol. The van der Waals surface area contributed by atoms with Crippen LogP contribution < -0.4 is 10.6 Å². The molecular formula is C24H23N3O6S. The number of thiazole rings is 1. The first-order valence-electron chi connectivity index (χ1n) is 10.6. The lowest BCUT2D eigenvalue weighted by Gasteiger charge is -2.14. The van der Waals surface area contributed by atoms with Crippen molar-refractivity contribution < 1.29 is 29.3 Å². The zero-order chi connectivity index (χ0) is 24.2. The lowest BCUT2D eigenvalue weighted by molar-refractivity contribution is -0.139. The summed E-state index contributed by atoms with van der Waals surface area (Å²) >= 11 is 0.964. The topological polar surface area (TPSA) is 138 Å². The second kappa shape index (κ2) is 10.0. The predicted octanol–water partition coefficient (Wildman–Crippen LogP) is 3.38. The van der Waals surface area contributed by atoms with Crippen molar-refractivity contribution in [1.29, 1.82) is 0 Å². The van der Waals surface area contributed by atoms with Crippen LogP contribution in [0.15, 0.2) is 48.5 Å². The monoisotopic (exact) mass is 481 g/mol. The molecule has 0 aliphatic heterocycles. The van der Waals surface area contributed by atoms with Gasteiger partial charge in [-0.25, -0.2) is 9.78 Å². The molecule has 1 aromatic heterocycles. The Morgan fingerprint density at radius 3 is 2.32 bits per heavy atom. The molecule has 0 fully saturated rings. The van der Waals surface area contributed by atoms with Crippen LogP contribution in [-0.4, -0.2) is 52.4 Å². The Bertz CT molecular complexity index is 1200.